The van der Waals surface area contributed by atoms with Crippen molar-refractivity contribution in [3.8, 4) is 29.6 Å². The number of benzene rings is 2. The molecular weight excluding hydrogens is 631 g/mol. The Labute approximate surface area is 272 Å². The van der Waals surface area contributed by atoms with E-state index in [1.807, 2.05) is 0 Å². The predicted molar refractivity (Wildman–Crippen MR) is 169 cm³/mol. The van der Waals surface area contributed by atoms with Gasteiger partial charge in [-0.05, 0) is 49.4 Å². The first-order valence-corrected chi connectivity index (χ1v) is 16.1. The van der Waals surface area contributed by atoms with E-state index < -0.39 is 40.7 Å². The minimum Gasteiger partial charge on any atom is -0.461 e. The Balaban J connectivity index is 1.18. The van der Waals surface area contributed by atoms with Gasteiger partial charge in [0.05, 0.1) is 41.2 Å². The van der Waals surface area contributed by atoms with Crippen molar-refractivity contribution in [2.45, 2.75) is 49.4 Å². The fraction of sp³-hybridized carbons (Fsp3) is 0.457. The SMILES string of the molecule is C#Cc1c(F)ccc2cc(N)cc(-c3ncc4c(N5CCOC[C@H]6[C@H](F)[C@H]65)nc(OC[C@@]56CCCN5CC5(CC5(F)F)C6)nc4c3F)c12. The average molecular weight is 663 g/mol. The van der Waals surface area contributed by atoms with E-state index in [1.165, 1.54) is 24.4 Å². The van der Waals surface area contributed by atoms with Gasteiger partial charge in [0, 0.05) is 48.3 Å². The third-order valence-corrected chi connectivity index (χ3v) is 11.2. The van der Waals surface area contributed by atoms with E-state index in [9.17, 15) is 17.6 Å². The molecule has 5 aliphatic rings. The van der Waals surface area contributed by atoms with Crippen LogP contribution in [0.4, 0.5) is 33.5 Å². The molecule has 2 saturated carbocycles. The van der Waals surface area contributed by atoms with Gasteiger partial charge in [-0.3, -0.25) is 9.88 Å². The number of halogens is 5. The van der Waals surface area contributed by atoms with Crippen LogP contribution in [-0.4, -0.2) is 83.0 Å². The number of nitrogen functional groups attached to an aromatic ring is 1. The monoisotopic (exact) mass is 662 g/mol. The van der Waals surface area contributed by atoms with Crippen LogP contribution < -0.4 is 15.4 Å². The maximum absolute atomic E-state index is 16.9. The van der Waals surface area contributed by atoms with E-state index in [0.717, 1.165) is 6.42 Å². The molecule has 2 N–H and O–H groups in total. The van der Waals surface area contributed by atoms with Crippen molar-refractivity contribution < 1.29 is 31.4 Å². The van der Waals surface area contributed by atoms with Crippen molar-refractivity contribution in [3.05, 3.63) is 47.7 Å². The molecule has 248 valence electrons. The molecule has 2 aromatic carbocycles. The van der Waals surface area contributed by atoms with Crippen LogP contribution in [0.25, 0.3) is 32.9 Å². The summed E-state index contributed by atoms with van der Waals surface area (Å²) >= 11 is 0. The summed E-state index contributed by atoms with van der Waals surface area (Å²) in [5.41, 5.74) is 4.61. The summed E-state index contributed by atoms with van der Waals surface area (Å²) in [4.78, 5) is 17.5. The van der Waals surface area contributed by atoms with Gasteiger partial charge in [-0.1, -0.05) is 12.0 Å². The van der Waals surface area contributed by atoms with E-state index in [4.69, 9.17) is 21.6 Å². The van der Waals surface area contributed by atoms with Crippen molar-refractivity contribution in [2.75, 3.05) is 50.1 Å². The molecule has 5 atom stereocenters. The van der Waals surface area contributed by atoms with Crippen LogP contribution in [0.15, 0.2) is 30.5 Å². The first kappa shape index (κ1) is 29.8. The van der Waals surface area contributed by atoms with Gasteiger partial charge in [0.15, 0.2) is 5.82 Å². The number of nitrogens with zero attached hydrogens (tertiary/aromatic N) is 5. The smallest absolute Gasteiger partial charge is 0.319 e. The summed E-state index contributed by atoms with van der Waals surface area (Å²) in [6, 6.07) is 5.13. The number of nitrogens with two attached hydrogens (primary N) is 1. The van der Waals surface area contributed by atoms with Crippen LogP contribution in [0.3, 0.4) is 0 Å². The molecule has 5 fully saturated rings. The van der Waals surface area contributed by atoms with Crippen molar-refractivity contribution in [1.29, 1.82) is 0 Å². The van der Waals surface area contributed by atoms with Crippen molar-refractivity contribution in [3.63, 3.8) is 0 Å². The van der Waals surface area contributed by atoms with Crippen LogP contribution in [0.1, 0.15) is 31.2 Å². The number of hydrogen-bond donors (Lipinski definition) is 1. The first-order chi connectivity index (χ1) is 23.0. The Morgan fingerprint density at radius 1 is 1.15 bits per heavy atom. The number of alkyl halides is 3. The minimum atomic E-state index is -2.70. The molecule has 4 aromatic rings. The zero-order valence-electron chi connectivity index (χ0n) is 25.8. The van der Waals surface area contributed by atoms with E-state index in [-0.39, 0.29) is 82.7 Å². The topological polar surface area (TPSA) is 89.6 Å². The molecule has 1 spiro atoms. The number of fused-ring (bicyclic) bond motifs is 4. The standard InChI is InChI=1S/C35H31F5N6O2/c1-2-20-24(36)5-4-18-10-19(41)11-21(25(18)20)28-27(38)29-22(12-42-28)31(46-8-9-47-13-23-26(37)30(23)46)44-32(43-29)48-17-34-6-3-7-45(34)16-33(14-34)15-35(33,39)40/h1,4-5,10-12,23,26,30H,3,6-9,13-17,41H2/t23-,26-,30-,33?,34-/m0/s1. The van der Waals surface area contributed by atoms with E-state index >= 15 is 4.39 Å². The van der Waals surface area contributed by atoms with E-state index in [0.29, 0.717) is 37.9 Å². The molecule has 0 amide bonds. The number of ether oxygens (including phenoxy) is 2. The summed E-state index contributed by atoms with van der Waals surface area (Å²) in [5.74, 6) is -1.97. The van der Waals surface area contributed by atoms with E-state index in [2.05, 4.69) is 25.8 Å². The third kappa shape index (κ3) is 4.24. The van der Waals surface area contributed by atoms with Crippen LogP contribution in [0.2, 0.25) is 0 Å². The molecule has 3 saturated heterocycles. The number of rotatable bonds is 5. The van der Waals surface area contributed by atoms with Gasteiger partial charge >= 0.3 is 6.01 Å². The van der Waals surface area contributed by atoms with Gasteiger partial charge in [0.1, 0.15) is 35.6 Å². The fourth-order valence-electron chi connectivity index (χ4n) is 8.62. The molecule has 9 rings (SSSR count). The molecule has 3 aliphatic heterocycles. The number of hydrogen-bond acceptors (Lipinski definition) is 8. The number of anilines is 2. The highest BCUT2D eigenvalue weighted by Gasteiger charge is 2.77. The lowest BCUT2D eigenvalue weighted by Crippen LogP contribution is -2.43. The van der Waals surface area contributed by atoms with Gasteiger partial charge in [-0.25, -0.2) is 22.0 Å². The maximum Gasteiger partial charge on any atom is 0.319 e. The first-order valence-electron chi connectivity index (χ1n) is 16.1. The second kappa shape index (κ2) is 10.1. The van der Waals surface area contributed by atoms with Crippen LogP contribution in [0.5, 0.6) is 6.01 Å². The van der Waals surface area contributed by atoms with Crippen molar-refractivity contribution >= 4 is 33.2 Å². The summed E-state index contributed by atoms with van der Waals surface area (Å²) in [6.45, 7) is 1.89. The second-order valence-electron chi connectivity index (χ2n) is 14.0. The zero-order chi connectivity index (χ0) is 33.2. The molecule has 2 aromatic heterocycles. The highest BCUT2D eigenvalue weighted by atomic mass is 19.3. The molecule has 5 heterocycles. The predicted octanol–water partition coefficient (Wildman–Crippen LogP) is 5.50. The number of terminal acetylenes is 1. The zero-order valence-corrected chi connectivity index (χ0v) is 25.8. The van der Waals surface area contributed by atoms with Crippen molar-refractivity contribution in [2.24, 2.45) is 11.3 Å². The normalized spacial score (nSPS) is 30.3. The van der Waals surface area contributed by atoms with Gasteiger partial charge in [0.25, 0.3) is 5.92 Å². The Bertz CT molecular complexity index is 2070. The summed E-state index contributed by atoms with van der Waals surface area (Å²) in [6.07, 6.45) is 7.62. The Hall–Kier alpha value is -4.28. The molecule has 48 heavy (non-hydrogen) atoms. The Morgan fingerprint density at radius 2 is 1.98 bits per heavy atom. The molecule has 0 radical (unpaired) electrons. The molecule has 13 heteroatoms. The number of pyridine rings is 1. The van der Waals surface area contributed by atoms with Gasteiger partial charge in [-0.2, -0.15) is 9.97 Å². The summed E-state index contributed by atoms with van der Waals surface area (Å²) in [7, 11) is 0. The highest BCUT2D eigenvalue weighted by Crippen LogP contribution is 2.69. The third-order valence-electron chi connectivity index (χ3n) is 11.2. The van der Waals surface area contributed by atoms with Crippen LogP contribution >= 0.6 is 0 Å². The minimum absolute atomic E-state index is 0.0426. The molecule has 0 bridgehead atoms. The van der Waals surface area contributed by atoms with Gasteiger partial charge < -0.3 is 20.1 Å². The quantitative estimate of drug-likeness (QED) is 0.170. The summed E-state index contributed by atoms with van der Waals surface area (Å²) in [5, 5.41) is 0.988. The van der Waals surface area contributed by atoms with Crippen LogP contribution in [0, 0.1) is 35.3 Å². The Kier molecular flexibility index (Phi) is 6.29. The van der Waals surface area contributed by atoms with Crippen molar-refractivity contribution in [1.82, 2.24) is 19.9 Å². The van der Waals surface area contributed by atoms with Crippen LogP contribution in [-0.2, 0) is 4.74 Å². The van der Waals surface area contributed by atoms with Gasteiger partial charge in [-0.15, -0.1) is 6.42 Å². The summed E-state index contributed by atoms with van der Waals surface area (Å²) < 4.78 is 87.5. The average Bonchev–Trinajstić information content (AvgIpc) is 3.75. The Morgan fingerprint density at radius 3 is 2.77 bits per heavy atom. The molecular formula is C35H31F5N6O2. The molecule has 1 unspecified atom stereocenters. The second-order valence-corrected chi connectivity index (χ2v) is 14.0. The lowest BCUT2D eigenvalue weighted by Gasteiger charge is -2.31. The molecule has 2 aliphatic carbocycles. The van der Waals surface area contributed by atoms with Gasteiger partial charge in [0.2, 0.25) is 0 Å². The maximum atomic E-state index is 16.9. The largest absolute Gasteiger partial charge is 0.461 e. The molecule has 8 nitrogen and oxygen atoms in total. The highest BCUT2D eigenvalue weighted by molar-refractivity contribution is 6.03. The number of aromatic nitrogens is 3. The lowest BCUT2D eigenvalue weighted by molar-refractivity contribution is 0.0647. The lowest BCUT2D eigenvalue weighted by atomic mass is 9.89. The fourth-order valence-corrected chi connectivity index (χ4v) is 8.62. The van der Waals surface area contributed by atoms with E-state index in [1.54, 1.807) is 11.0 Å².